The van der Waals surface area contributed by atoms with Crippen molar-refractivity contribution in [2.45, 2.75) is 136 Å². The minimum absolute atomic E-state index is 0.109. The van der Waals surface area contributed by atoms with Crippen molar-refractivity contribution in [1.82, 2.24) is 0 Å². The number of hydrogen-bond acceptors (Lipinski definition) is 6. The van der Waals surface area contributed by atoms with Gasteiger partial charge in [0.15, 0.2) is 6.29 Å². The summed E-state index contributed by atoms with van der Waals surface area (Å²) < 4.78 is 11.9. The largest absolute Gasteiger partial charge is 0.394 e. The Morgan fingerprint density at radius 1 is 0.976 bits per heavy atom. The molecule has 4 aliphatic carbocycles. The van der Waals surface area contributed by atoms with E-state index >= 15 is 0 Å². The standard InChI is InChI=1S/C35H58O6/c1-7-22(20(2)3)9-8-21(4)26-12-13-27-25-11-10-23-18-24(14-16-34(23,5)28(25)15-17-35(26,27)6)40-33-32(39)31(38)30(37)29(19-36)41-33/h8-10,20-22,24-33,36-39H,7,11-19H2,1-6H3/b9-8+/t21-,22+,24+,25+,26-,27+,28+,29-,30-,31+,32-,33-,34-,35-/m1/s1. The number of aliphatic hydroxyl groups excluding tert-OH is 4. The van der Waals surface area contributed by atoms with Crippen molar-refractivity contribution < 1.29 is 29.9 Å². The zero-order valence-corrected chi connectivity index (χ0v) is 26.4. The van der Waals surface area contributed by atoms with Gasteiger partial charge in [-0.1, -0.05) is 65.3 Å². The summed E-state index contributed by atoms with van der Waals surface area (Å²) in [5.41, 5.74) is 2.11. The molecule has 5 rings (SSSR count). The number of hydrogen-bond donors (Lipinski definition) is 4. The van der Waals surface area contributed by atoms with Crippen LogP contribution in [-0.2, 0) is 9.47 Å². The molecule has 4 N–H and O–H groups in total. The number of aliphatic hydroxyl groups is 4. The van der Waals surface area contributed by atoms with Gasteiger partial charge < -0.3 is 29.9 Å². The first-order valence-electron chi connectivity index (χ1n) is 16.8. The molecule has 1 heterocycles. The Morgan fingerprint density at radius 3 is 2.41 bits per heavy atom. The molecule has 0 amide bonds. The molecule has 3 saturated carbocycles. The third-order valence-corrected chi connectivity index (χ3v) is 12.9. The first-order chi connectivity index (χ1) is 19.4. The van der Waals surface area contributed by atoms with Crippen LogP contribution in [-0.4, -0.2) is 63.8 Å². The summed E-state index contributed by atoms with van der Waals surface area (Å²) in [4.78, 5) is 0. The number of allylic oxidation sites excluding steroid dienone is 3. The molecule has 0 aromatic heterocycles. The number of ether oxygens (including phenoxy) is 2. The molecule has 1 saturated heterocycles. The van der Waals surface area contributed by atoms with E-state index in [0.29, 0.717) is 29.1 Å². The Labute approximate surface area is 248 Å². The topological polar surface area (TPSA) is 99.4 Å². The normalized spacial score (nSPS) is 47.9. The van der Waals surface area contributed by atoms with Crippen LogP contribution in [0.15, 0.2) is 23.8 Å². The molecule has 4 fully saturated rings. The lowest BCUT2D eigenvalue weighted by molar-refractivity contribution is -0.313. The predicted molar refractivity (Wildman–Crippen MR) is 161 cm³/mol. The van der Waals surface area contributed by atoms with Gasteiger partial charge in [-0.2, -0.15) is 0 Å². The fourth-order valence-corrected chi connectivity index (χ4v) is 10.3. The highest BCUT2D eigenvalue weighted by molar-refractivity contribution is 5.25. The van der Waals surface area contributed by atoms with E-state index in [1.165, 1.54) is 37.7 Å². The maximum absolute atomic E-state index is 10.5. The van der Waals surface area contributed by atoms with E-state index in [1.54, 1.807) is 0 Å². The smallest absolute Gasteiger partial charge is 0.186 e. The van der Waals surface area contributed by atoms with Crippen molar-refractivity contribution in [3.8, 4) is 0 Å². The Kier molecular flexibility index (Phi) is 9.51. The van der Waals surface area contributed by atoms with Crippen LogP contribution < -0.4 is 0 Å². The maximum atomic E-state index is 10.5. The van der Waals surface area contributed by atoms with Gasteiger partial charge in [0, 0.05) is 0 Å². The number of rotatable bonds is 8. The predicted octanol–water partition coefficient (Wildman–Crippen LogP) is 5.63. The average molecular weight is 575 g/mol. The van der Waals surface area contributed by atoms with Gasteiger partial charge in [-0.3, -0.25) is 0 Å². The highest BCUT2D eigenvalue weighted by atomic mass is 16.7. The summed E-state index contributed by atoms with van der Waals surface area (Å²) in [6.07, 6.45) is 11.9. The summed E-state index contributed by atoms with van der Waals surface area (Å²) in [6.45, 7) is 14.2. The van der Waals surface area contributed by atoms with Crippen LogP contribution in [0.2, 0.25) is 0 Å². The summed E-state index contributed by atoms with van der Waals surface area (Å²) in [5.74, 6) is 5.05. The molecule has 0 aromatic rings. The van der Waals surface area contributed by atoms with Crippen LogP contribution in [0, 0.1) is 52.3 Å². The molecule has 14 atom stereocenters. The Hall–Kier alpha value is -0.760. The molecular weight excluding hydrogens is 516 g/mol. The Morgan fingerprint density at radius 2 is 1.73 bits per heavy atom. The second kappa shape index (κ2) is 12.3. The van der Waals surface area contributed by atoms with Crippen LogP contribution in [0.25, 0.3) is 0 Å². The van der Waals surface area contributed by atoms with Crippen molar-refractivity contribution >= 4 is 0 Å². The molecule has 6 heteroatoms. The van der Waals surface area contributed by atoms with E-state index < -0.39 is 37.3 Å². The highest BCUT2D eigenvalue weighted by Crippen LogP contribution is 2.67. The highest BCUT2D eigenvalue weighted by Gasteiger charge is 2.59. The minimum Gasteiger partial charge on any atom is -0.394 e. The van der Waals surface area contributed by atoms with E-state index in [0.717, 1.165) is 43.4 Å². The van der Waals surface area contributed by atoms with Crippen molar-refractivity contribution in [2.75, 3.05) is 6.61 Å². The molecule has 5 aliphatic rings. The zero-order valence-electron chi connectivity index (χ0n) is 26.4. The van der Waals surface area contributed by atoms with E-state index in [2.05, 4.69) is 59.8 Å². The maximum Gasteiger partial charge on any atom is 0.186 e. The van der Waals surface area contributed by atoms with E-state index in [4.69, 9.17) is 9.47 Å². The lowest BCUT2D eigenvalue weighted by atomic mass is 9.47. The molecule has 1 aliphatic heterocycles. The van der Waals surface area contributed by atoms with Crippen molar-refractivity contribution in [2.24, 2.45) is 52.3 Å². The average Bonchev–Trinajstić information content (AvgIpc) is 3.30. The third-order valence-electron chi connectivity index (χ3n) is 12.9. The molecule has 0 spiro atoms. The van der Waals surface area contributed by atoms with Gasteiger partial charge in [-0.25, -0.2) is 0 Å². The molecule has 0 bridgehead atoms. The molecule has 234 valence electrons. The molecule has 0 unspecified atom stereocenters. The van der Waals surface area contributed by atoms with E-state index in [1.807, 2.05) is 0 Å². The van der Waals surface area contributed by atoms with E-state index in [9.17, 15) is 20.4 Å². The van der Waals surface area contributed by atoms with Crippen molar-refractivity contribution in [3.63, 3.8) is 0 Å². The summed E-state index contributed by atoms with van der Waals surface area (Å²) >= 11 is 0. The third kappa shape index (κ3) is 5.64. The minimum atomic E-state index is -1.40. The molecular formula is C35H58O6. The second-order valence-corrected chi connectivity index (χ2v) is 15.2. The van der Waals surface area contributed by atoms with Gasteiger partial charge in [-0.05, 0) is 110 Å². The SMILES string of the molecule is CC[C@@H](/C=C/[C@@H](C)[C@H]1CC[C@H]2[C@@H]3CC=C4C[C@@H](O[C@@H]5O[C@H](CO)[C@@H](O)[C@H](O)[C@H]5O)CC[C@@]4(C)[C@H]3CC[C@]12C)C(C)C. The van der Waals surface area contributed by atoms with Gasteiger partial charge in [0.05, 0.1) is 12.7 Å². The van der Waals surface area contributed by atoms with Gasteiger partial charge in [0.1, 0.15) is 24.4 Å². The van der Waals surface area contributed by atoms with Crippen LogP contribution in [0.4, 0.5) is 0 Å². The van der Waals surface area contributed by atoms with Gasteiger partial charge in [-0.15, -0.1) is 0 Å². The van der Waals surface area contributed by atoms with Gasteiger partial charge in [0.25, 0.3) is 0 Å². The zero-order chi connectivity index (χ0) is 29.7. The fraction of sp³-hybridized carbons (Fsp3) is 0.886. The molecule has 0 aromatic carbocycles. The van der Waals surface area contributed by atoms with Gasteiger partial charge >= 0.3 is 0 Å². The summed E-state index contributed by atoms with van der Waals surface area (Å²) in [6, 6.07) is 0. The molecule has 41 heavy (non-hydrogen) atoms. The molecule has 0 radical (unpaired) electrons. The number of fused-ring (bicyclic) bond motifs is 5. The molecule has 6 nitrogen and oxygen atoms in total. The van der Waals surface area contributed by atoms with Gasteiger partial charge in [0.2, 0.25) is 0 Å². The van der Waals surface area contributed by atoms with Crippen molar-refractivity contribution in [3.05, 3.63) is 23.8 Å². The lowest BCUT2D eigenvalue weighted by Crippen LogP contribution is -2.60. The Balaban J connectivity index is 1.26. The van der Waals surface area contributed by atoms with Crippen molar-refractivity contribution in [1.29, 1.82) is 0 Å². The lowest BCUT2D eigenvalue weighted by Gasteiger charge is -2.58. The Bertz CT molecular complexity index is 960. The van der Waals surface area contributed by atoms with Crippen LogP contribution >= 0.6 is 0 Å². The fourth-order valence-electron chi connectivity index (χ4n) is 10.3. The second-order valence-electron chi connectivity index (χ2n) is 15.2. The quantitative estimate of drug-likeness (QED) is 0.281. The monoisotopic (exact) mass is 574 g/mol. The van der Waals surface area contributed by atoms with E-state index in [-0.39, 0.29) is 11.5 Å². The first kappa shape index (κ1) is 31.7. The first-order valence-corrected chi connectivity index (χ1v) is 16.8. The summed E-state index contributed by atoms with van der Waals surface area (Å²) in [5, 5.41) is 40.4. The van der Waals surface area contributed by atoms with Crippen LogP contribution in [0.5, 0.6) is 0 Å². The summed E-state index contributed by atoms with van der Waals surface area (Å²) in [7, 11) is 0. The van der Waals surface area contributed by atoms with Crippen LogP contribution in [0.1, 0.15) is 99.3 Å². The van der Waals surface area contributed by atoms with Crippen LogP contribution in [0.3, 0.4) is 0 Å².